The minimum absolute atomic E-state index is 0.108. The van der Waals surface area contributed by atoms with Crippen molar-refractivity contribution in [3.05, 3.63) is 51.6 Å². The van der Waals surface area contributed by atoms with E-state index in [9.17, 15) is 4.79 Å². The van der Waals surface area contributed by atoms with Crippen molar-refractivity contribution in [2.24, 2.45) is 0 Å². The molecule has 1 amide bonds. The summed E-state index contributed by atoms with van der Waals surface area (Å²) in [6.07, 6.45) is 3.62. The number of carbonyl (C=O) groups is 1. The van der Waals surface area contributed by atoms with Gasteiger partial charge in [-0.05, 0) is 91.2 Å². The summed E-state index contributed by atoms with van der Waals surface area (Å²) in [4.78, 5) is 14.9. The maximum absolute atomic E-state index is 12.6. The number of benzene rings is 2. The third-order valence-electron chi connectivity index (χ3n) is 4.49. The van der Waals surface area contributed by atoms with E-state index in [1.807, 2.05) is 42.5 Å². The molecule has 0 saturated carbocycles. The highest BCUT2D eigenvalue weighted by Gasteiger charge is 2.22. The number of nitrogens with two attached hydrogens (primary N) is 1. The molecule has 0 spiro atoms. The molecule has 2 aromatic rings. The molecule has 1 atom stereocenters. The molecule has 126 valence electrons. The zero-order valence-corrected chi connectivity index (χ0v) is 15.9. The number of rotatable bonds is 3. The van der Waals surface area contributed by atoms with E-state index < -0.39 is 0 Å². The van der Waals surface area contributed by atoms with Gasteiger partial charge >= 0.3 is 0 Å². The van der Waals surface area contributed by atoms with Crippen LogP contribution >= 0.6 is 22.6 Å². The molecule has 1 heterocycles. The molecule has 1 aliphatic rings. The molecule has 3 rings (SSSR count). The largest absolute Gasteiger partial charge is 0.399 e. The first kappa shape index (κ1) is 17.1. The Morgan fingerprint density at radius 2 is 1.96 bits per heavy atom. The Morgan fingerprint density at radius 3 is 2.67 bits per heavy atom. The summed E-state index contributed by atoms with van der Waals surface area (Å²) in [6.45, 7) is 3.25. The summed E-state index contributed by atoms with van der Waals surface area (Å²) in [5.74, 6) is -0.108. The number of nitrogens with zero attached hydrogens (tertiary/aromatic N) is 1. The summed E-state index contributed by atoms with van der Waals surface area (Å²) >= 11 is 2.23. The van der Waals surface area contributed by atoms with Gasteiger partial charge in [-0.15, -0.1) is 0 Å². The molecule has 1 aliphatic heterocycles. The lowest BCUT2D eigenvalue weighted by molar-refractivity contribution is 0.102. The van der Waals surface area contributed by atoms with Crippen molar-refractivity contribution in [3.8, 4) is 0 Å². The van der Waals surface area contributed by atoms with Crippen LogP contribution in [-0.2, 0) is 0 Å². The Kier molecular flexibility index (Phi) is 5.28. The van der Waals surface area contributed by atoms with Crippen LogP contribution in [0, 0.1) is 3.57 Å². The summed E-state index contributed by atoms with van der Waals surface area (Å²) in [7, 11) is 0. The van der Waals surface area contributed by atoms with Crippen molar-refractivity contribution < 1.29 is 4.79 Å². The number of halogens is 1. The lowest BCUT2D eigenvalue weighted by Crippen LogP contribution is -2.38. The maximum Gasteiger partial charge on any atom is 0.255 e. The molecule has 0 bridgehead atoms. The Morgan fingerprint density at radius 1 is 1.21 bits per heavy atom. The molecule has 4 nitrogen and oxygen atoms in total. The van der Waals surface area contributed by atoms with Crippen LogP contribution in [0.2, 0.25) is 0 Å². The van der Waals surface area contributed by atoms with Gasteiger partial charge in [-0.2, -0.15) is 0 Å². The van der Waals surface area contributed by atoms with Gasteiger partial charge < -0.3 is 16.0 Å². The number of amides is 1. The summed E-state index contributed by atoms with van der Waals surface area (Å²) < 4.78 is 1.11. The number of carbonyl (C=O) groups excluding carboxylic acids is 1. The fraction of sp³-hybridized carbons (Fsp3) is 0.316. The van der Waals surface area contributed by atoms with E-state index in [0.29, 0.717) is 17.3 Å². The van der Waals surface area contributed by atoms with E-state index in [1.165, 1.54) is 19.3 Å². The smallest absolute Gasteiger partial charge is 0.255 e. The minimum atomic E-state index is -0.108. The molecule has 24 heavy (non-hydrogen) atoms. The normalized spacial score (nSPS) is 17.6. The third kappa shape index (κ3) is 3.83. The predicted molar refractivity (Wildman–Crippen MR) is 109 cm³/mol. The maximum atomic E-state index is 12.6. The second kappa shape index (κ2) is 7.42. The van der Waals surface area contributed by atoms with Crippen molar-refractivity contribution >= 4 is 45.6 Å². The van der Waals surface area contributed by atoms with Gasteiger partial charge in [0.1, 0.15) is 0 Å². The lowest BCUT2D eigenvalue weighted by Gasteiger charge is -2.36. The number of anilines is 3. The monoisotopic (exact) mass is 435 g/mol. The number of hydrogen-bond acceptors (Lipinski definition) is 3. The van der Waals surface area contributed by atoms with Crippen LogP contribution in [0.25, 0.3) is 0 Å². The Labute approximate surface area is 156 Å². The van der Waals surface area contributed by atoms with Crippen LogP contribution in [0.5, 0.6) is 0 Å². The van der Waals surface area contributed by atoms with E-state index in [0.717, 1.165) is 21.5 Å². The van der Waals surface area contributed by atoms with Gasteiger partial charge in [-0.1, -0.05) is 0 Å². The molecule has 5 heteroatoms. The van der Waals surface area contributed by atoms with Crippen molar-refractivity contribution in [2.45, 2.75) is 32.2 Å². The van der Waals surface area contributed by atoms with E-state index in [2.05, 4.69) is 39.7 Å². The van der Waals surface area contributed by atoms with Crippen LogP contribution in [0.4, 0.5) is 17.1 Å². The number of piperidine rings is 1. The molecule has 0 radical (unpaired) electrons. The summed E-state index contributed by atoms with van der Waals surface area (Å²) in [5, 5.41) is 3.04. The molecule has 3 N–H and O–H groups in total. The van der Waals surface area contributed by atoms with E-state index in [4.69, 9.17) is 5.73 Å². The van der Waals surface area contributed by atoms with Crippen molar-refractivity contribution in [1.82, 2.24) is 0 Å². The molecular formula is C19H22IN3O. The van der Waals surface area contributed by atoms with Gasteiger partial charge in [0.15, 0.2) is 0 Å². The molecule has 2 aromatic carbocycles. The Hall–Kier alpha value is -1.76. The number of nitrogens with one attached hydrogen (secondary N) is 1. The molecule has 0 aromatic heterocycles. The Bertz CT molecular complexity index is 730. The van der Waals surface area contributed by atoms with Gasteiger partial charge in [-0.3, -0.25) is 4.79 Å². The van der Waals surface area contributed by atoms with Gasteiger partial charge in [0.25, 0.3) is 5.91 Å². The van der Waals surface area contributed by atoms with E-state index >= 15 is 0 Å². The topological polar surface area (TPSA) is 58.4 Å². The molecule has 1 saturated heterocycles. The first-order chi connectivity index (χ1) is 11.5. The molecule has 0 aliphatic carbocycles. The van der Waals surface area contributed by atoms with Crippen LogP contribution in [0.3, 0.4) is 0 Å². The summed E-state index contributed by atoms with van der Waals surface area (Å²) in [6, 6.07) is 13.8. The Balaban J connectivity index is 1.87. The SMILES string of the molecule is C[C@@H]1CCCCN1c1ccc(N)cc1NC(=O)c1ccc(I)cc1. The van der Waals surface area contributed by atoms with Crippen LogP contribution in [0.1, 0.15) is 36.5 Å². The van der Waals surface area contributed by atoms with E-state index in [-0.39, 0.29) is 5.91 Å². The first-order valence-corrected chi connectivity index (χ1v) is 9.35. The second-order valence-electron chi connectivity index (χ2n) is 6.28. The fourth-order valence-electron chi connectivity index (χ4n) is 3.16. The highest BCUT2D eigenvalue weighted by Crippen LogP contribution is 2.33. The molecule has 0 unspecified atom stereocenters. The fourth-order valence-corrected chi connectivity index (χ4v) is 3.52. The van der Waals surface area contributed by atoms with Crippen molar-refractivity contribution in [1.29, 1.82) is 0 Å². The van der Waals surface area contributed by atoms with E-state index in [1.54, 1.807) is 0 Å². The van der Waals surface area contributed by atoms with Crippen LogP contribution < -0.4 is 16.0 Å². The molecule has 1 fully saturated rings. The highest BCUT2D eigenvalue weighted by molar-refractivity contribution is 14.1. The number of nitrogen functional groups attached to an aromatic ring is 1. The van der Waals surface area contributed by atoms with Gasteiger partial charge in [0.2, 0.25) is 0 Å². The quantitative estimate of drug-likeness (QED) is 0.551. The zero-order chi connectivity index (χ0) is 17.1. The summed E-state index contributed by atoms with van der Waals surface area (Å²) in [5.41, 5.74) is 9.09. The van der Waals surface area contributed by atoms with Crippen LogP contribution in [0.15, 0.2) is 42.5 Å². The number of hydrogen-bond donors (Lipinski definition) is 2. The van der Waals surface area contributed by atoms with Crippen molar-refractivity contribution in [2.75, 3.05) is 22.5 Å². The second-order valence-corrected chi connectivity index (χ2v) is 7.52. The zero-order valence-electron chi connectivity index (χ0n) is 13.8. The average Bonchev–Trinajstić information content (AvgIpc) is 2.56. The van der Waals surface area contributed by atoms with Gasteiger partial charge in [0.05, 0.1) is 11.4 Å². The van der Waals surface area contributed by atoms with Crippen molar-refractivity contribution in [3.63, 3.8) is 0 Å². The third-order valence-corrected chi connectivity index (χ3v) is 5.21. The van der Waals surface area contributed by atoms with Gasteiger partial charge in [0, 0.05) is 27.4 Å². The predicted octanol–water partition coefficient (Wildman–Crippen LogP) is 4.50. The average molecular weight is 435 g/mol. The van der Waals surface area contributed by atoms with Gasteiger partial charge in [-0.25, -0.2) is 0 Å². The highest BCUT2D eigenvalue weighted by atomic mass is 127. The first-order valence-electron chi connectivity index (χ1n) is 8.27. The standard InChI is InChI=1S/C19H22IN3O/c1-13-4-2-3-11-23(13)18-10-9-16(21)12-17(18)22-19(24)14-5-7-15(20)8-6-14/h5-10,12-13H,2-4,11,21H2,1H3,(H,22,24)/t13-/m1/s1. The van der Waals surface area contributed by atoms with Crippen LogP contribution in [-0.4, -0.2) is 18.5 Å². The lowest BCUT2D eigenvalue weighted by atomic mass is 10.0. The molecular weight excluding hydrogens is 413 g/mol. The minimum Gasteiger partial charge on any atom is -0.399 e.